The Morgan fingerprint density at radius 1 is 1.28 bits per heavy atom. The lowest BCUT2D eigenvalue weighted by atomic mass is 10.2. The second-order valence-electron chi connectivity index (χ2n) is 3.89. The molecule has 1 heterocycles. The van der Waals surface area contributed by atoms with E-state index in [-0.39, 0.29) is 0 Å². The summed E-state index contributed by atoms with van der Waals surface area (Å²) in [5.74, 6) is 0. The van der Waals surface area contributed by atoms with Gasteiger partial charge in [0.25, 0.3) is 0 Å². The fourth-order valence-electron chi connectivity index (χ4n) is 1.42. The molecule has 1 aromatic heterocycles. The number of benzene rings is 1. The number of hydrogen-bond acceptors (Lipinski definition) is 5. The lowest BCUT2D eigenvalue weighted by Crippen LogP contribution is -2.08. The molecule has 0 bridgehead atoms. The zero-order chi connectivity index (χ0) is 13.0. The highest BCUT2D eigenvalue weighted by Crippen LogP contribution is 2.12. The van der Waals surface area contributed by atoms with Crippen LogP contribution in [-0.2, 0) is 0 Å². The molecule has 0 aliphatic carbocycles. The van der Waals surface area contributed by atoms with Crippen LogP contribution in [0.4, 0.5) is 5.69 Å². The molecule has 0 saturated heterocycles. The quantitative estimate of drug-likeness (QED) is 0.623. The molecular formula is C12H15N5S. The van der Waals surface area contributed by atoms with Crippen LogP contribution in [-0.4, -0.2) is 41.4 Å². The minimum Gasteiger partial charge on any atom is -0.378 e. The Morgan fingerprint density at radius 2 is 2.00 bits per heavy atom. The number of hydrogen-bond donors (Lipinski definition) is 0. The third kappa shape index (κ3) is 2.89. The number of nitrogens with zero attached hydrogens (tertiary/aromatic N) is 5. The number of rotatable bonds is 4. The highest BCUT2D eigenvalue weighted by molar-refractivity contribution is 7.98. The van der Waals surface area contributed by atoms with Crippen molar-refractivity contribution in [3.05, 3.63) is 36.2 Å². The fraction of sp³-hybridized carbons (Fsp3) is 0.250. The topological polar surface area (TPSA) is 46.3 Å². The molecular weight excluding hydrogens is 246 g/mol. The van der Waals surface area contributed by atoms with Crippen molar-refractivity contribution in [1.82, 2.24) is 14.9 Å². The van der Waals surface area contributed by atoms with Crippen molar-refractivity contribution in [2.24, 2.45) is 5.10 Å². The van der Waals surface area contributed by atoms with Crippen LogP contribution in [0.5, 0.6) is 0 Å². The van der Waals surface area contributed by atoms with Crippen LogP contribution >= 0.6 is 11.8 Å². The third-order valence-electron chi connectivity index (χ3n) is 2.42. The van der Waals surface area contributed by atoms with Gasteiger partial charge in [0, 0.05) is 19.8 Å². The van der Waals surface area contributed by atoms with Gasteiger partial charge in [-0.1, -0.05) is 23.9 Å². The summed E-state index contributed by atoms with van der Waals surface area (Å²) in [6.07, 6.45) is 5.33. The van der Waals surface area contributed by atoms with Crippen molar-refractivity contribution in [3.63, 3.8) is 0 Å². The highest BCUT2D eigenvalue weighted by Gasteiger charge is 1.99. The van der Waals surface area contributed by atoms with Crippen LogP contribution < -0.4 is 4.90 Å². The molecule has 2 rings (SSSR count). The maximum Gasteiger partial charge on any atom is 0.211 e. The Morgan fingerprint density at radius 3 is 2.61 bits per heavy atom. The van der Waals surface area contributed by atoms with Gasteiger partial charge in [-0.25, -0.2) is 0 Å². The standard InChI is InChI=1S/C12H15N5S/c1-16(2)11-6-4-10(5-7-11)8-14-17-9-13-15-12(17)18-3/h4-9H,1-3H3/b14-8+. The Kier molecular flexibility index (Phi) is 3.99. The van der Waals surface area contributed by atoms with Gasteiger partial charge in [0.15, 0.2) is 0 Å². The molecule has 0 atom stereocenters. The van der Waals surface area contributed by atoms with Crippen LogP contribution in [0, 0.1) is 0 Å². The molecule has 0 N–H and O–H groups in total. The first-order chi connectivity index (χ1) is 8.70. The van der Waals surface area contributed by atoms with Crippen LogP contribution in [0.1, 0.15) is 5.56 Å². The molecule has 0 radical (unpaired) electrons. The molecule has 18 heavy (non-hydrogen) atoms. The van der Waals surface area contributed by atoms with Crippen molar-refractivity contribution in [3.8, 4) is 0 Å². The molecule has 0 aliphatic rings. The van der Waals surface area contributed by atoms with E-state index in [2.05, 4.69) is 32.3 Å². The van der Waals surface area contributed by atoms with Crippen LogP contribution in [0.25, 0.3) is 0 Å². The Bertz CT molecular complexity index is 530. The third-order valence-corrected chi connectivity index (χ3v) is 3.06. The van der Waals surface area contributed by atoms with E-state index in [0.717, 1.165) is 10.7 Å². The molecule has 94 valence electrons. The summed E-state index contributed by atoms with van der Waals surface area (Å²) >= 11 is 1.51. The molecule has 5 nitrogen and oxygen atoms in total. The molecule has 0 aliphatic heterocycles. The number of aromatic nitrogens is 3. The van der Waals surface area contributed by atoms with Crippen molar-refractivity contribution in [2.45, 2.75) is 5.16 Å². The van der Waals surface area contributed by atoms with Gasteiger partial charge in [0.2, 0.25) is 5.16 Å². The summed E-state index contributed by atoms with van der Waals surface area (Å²) in [7, 11) is 4.04. The van der Waals surface area contributed by atoms with Crippen molar-refractivity contribution in [2.75, 3.05) is 25.3 Å². The Balaban J connectivity index is 2.14. The minimum absolute atomic E-state index is 0.774. The summed E-state index contributed by atoms with van der Waals surface area (Å²) in [6.45, 7) is 0. The van der Waals surface area contributed by atoms with E-state index in [0.29, 0.717) is 0 Å². The first-order valence-electron chi connectivity index (χ1n) is 5.46. The predicted octanol–water partition coefficient (Wildman–Crippen LogP) is 1.95. The average Bonchev–Trinajstić information content (AvgIpc) is 2.84. The van der Waals surface area contributed by atoms with E-state index in [4.69, 9.17) is 0 Å². The minimum atomic E-state index is 0.774. The van der Waals surface area contributed by atoms with E-state index in [9.17, 15) is 0 Å². The molecule has 0 amide bonds. The van der Waals surface area contributed by atoms with Gasteiger partial charge in [0.05, 0.1) is 6.21 Å². The summed E-state index contributed by atoms with van der Waals surface area (Å²) in [6, 6.07) is 8.18. The number of thioether (sulfide) groups is 1. The molecule has 2 aromatic rings. The van der Waals surface area contributed by atoms with E-state index in [1.54, 1.807) is 17.2 Å². The molecule has 6 heteroatoms. The second-order valence-corrected chi connectivity index (χ2v) is 4.67. The monoisotopic (exact) mass is 261 g/mol. The Labute approximate surface area is 111 Å². The van der Waals surface area contributed by atoms with Gasteiger partial charge in [-0.15, -0.1) is 10.2 Å². The van der Waals surface area contributed by atoms with E-state index < -0.39 is 0 Å². The van der Waals surface area contributed by atoms with Crippen molar-refractivity contribution in [1.29, 1.82) is 0 Å². The van der Waals surface area contributed by atoms with Gasteiger partial charge in [-0.2, -0.15) is 9.78 Å². The maximum atomic E-state index is 4.31. The van der Waals surface area contributed by atoms with Crippen molar-refractivity contribution < 1.29 is 0 Å². The summed E-state index contributed by atoms with van der Waals surface area (Å²) < 4.78 is 1.66. The highest BCUT2D eigenvalue weighted by atomic mass is 32.2. The normalized spacial score (nSPS) is 11.1. The van der Waals surface area contributed by atoms with Crippen molar-refractivity contribution >= 4 is 23.7 Å². The van der Waals surface area contributed by atoms with Gasteiger partial charge in [-0.05, 0) is 24.0 Å². The summed E-state index contributed by atoms with van der Waals surface area (Å²) in [4.78, 5) is 2.06. The summed E-state index contributed by atoms with van der Waals surface area (Å²) in [5.41, 5.74) is 2.21. The van der Waals surface area contributed by atoms with Gasteiger partial charge >= 0.3 is 0 Å². The largest absolute Gasteiger partial charge is 0.378 e. The lowest BCUT2D eigenvalue weighted by Gasteiger charge is -2.11. The van der Waals surface area contributed by atoms with Crippen LogP contribution in [0.2, 0.25) is 0 Å². The fourth-order valence-corrected chi connectivity index (χ4v) is 1.83. The smallest absolute Gasteiger partial charge is 0.211 e. The lowest BCUT2D eigenvalue weighted by molar-refractivity contribution is 0.768. The van der Waals surface area contributed by atoms with E-state index in [1.165, 1.54) is 17.4 Å². The molecule has 0 saturated carbocycles. The van der Waals surface area contributed by atoms with E-state index >= 15 is 0 Å². The zero-order valence-electron chi connectivity index (χ0n) is 10.6. The Hall–Kier alpha value is -1.82. The van der Waals surface area contributed by atoms with Gasteiger partial charge < -0.3 is 4.90 Å². The average molecular weight is 261 g/mol. The molecule has 0 spiro atoms. The van der Waals surface area contributed by atoms with Crippen LogP contribution in [0.3, 0.4) is 0 Å². The summed E-state index contributed by atoms with van der Waals surface area (Å²) in [5, 5.41) is 12.8. The molecule has 1 aromatic carbocycles. The second kappa shape index (κ2) is 5.68. The predicted molar refractivity (Wildman–Crippen MR) is 75.6 cm³/mol. The SMILES string of the molecule is CSc1nncn1/N=C/c1ccc(N(C)C)cc1. The van der Waals surface area contributed by atoms with Crippen LogP contribution in [0.15, 0.2) is 40.9 Å². The van der Waals surface area contributed by atoms with E-state index in [1.807, 2.05) is 32.5 Å². The molecule has 0 fully saturated rings. The first kappa shape index (κ1) is 12.6. The maximum absolute atomic E-state index is 4.31. The zero-order valence-corrected chi connectivity index (χ0v) is 11.4. The first-order valence-corrected chi connectivity index (χ1v) is 6.69. The van der Waals surface area contributed by atoms with Gasteiger partial charge in [0.1, 0.15) is 6.33 Å². The van der Waals surface area contributed by atoms with Gasteiger partial charge in [-0.3, -0.25) is 0 Å². The molecule has 0 unspecified atom stereocenters. The number of anilines is 1.